The van der Waals surface area contributed by atoms with Gasteiger partial charge in [0.15, 0.2) is 12.2 Å². The molecule has 0 heterocycles. The van der Waals surface area contributed by atoms with Gasteiger partial charge in [-0.1, -0.05) is 285 Å². The molecule has 0 amide bonds. The minimum absolute atomic E-state index is 0.107. The van der Waals surface area contributed by atoms with E-state index in [1.807, 2.05) is 0 Å². The number of hydrogen-bond donors (Lipinski definition) is 3. The van der Waals surface area contributed by atoms with Gasteiger partial charge in [-0.15, -0.1) is 0 Å². The number of ether oxygens (including phenoxy) is 4. The predicted octanol–water partition coefficient (Wildman–Crippen LogP) is 18.6. The van der Waals surface area contributed by atoms with Gasteiger partial charge in [-0.2, -0.15) is 0 Å². The summed E-state index contributed by atoms with van der Waals surface area (Å²) in [6, 6.07) is 0. The van der Waals surface area contributed by atoms with Gasteiger partial charge in [0.05, 0.1) is 26.4 Å². The number of aliphatic hydroxyl groups is 1. The molecule has 0 aromatic heterocycles. The van der Waals surface area contributed by atoms with Crippen LogP contribution in [-0.2, 0) is 65.4 Å². The molecule has 0 saturated heterocycles. The molecule has 2 unspecified atom stereocenters. The van der Waals surface area contributed by atoms with E-state index >= 15 is 0 Å². The van der Waals surface area contributed by atoms with Gasteiger partial charge in [0, 0.05) is 25.7 Å². The molecule has 85 heavy (non-hydrogen) atoms. The number of carbonyl (C=O) groups excluding carboxylic acids is 4. The fraction of sp³-hybridized carbons (Fsp3) is 0.939. The van der Waals surface area contributed by atoms with Gasteiger partial charge < -0.3 is 33.8 Å². The fourth-order valence-electron chi connectivity index (χ4n) is 9.94. The largest absolute Gasteiger partial charge is 0.472 e. The summed E-state index contributed by atoms with van der Waals surface area (Å²) in [5.41, 5.74) is 0. The topological polar surface area (TPSA) is 237 Å². The van der Waals surface area contributed by atoms with Crippen molar-refractivity contribution in [1.29, 1.82) is 0 Å². The third kappa shape index (κ3) is 60.7. The van der Waals surface area contributed by atoms with Crippen molar-refractivity contribution >= 4 is 39.5 Å². The molecular formula is C66H128O17P2. The molecule has 0 aromatic rings. The average molecular weight is 1260 g/mol. The molecule has 504 valence electrons. The SMILES string of the molecule is CCCCCCCCCCCCCCCCCC(=O)O[C@H](COC(=O)CCCCCCCCCCC(C)C)COP(=O)(O)OC[C@@H](O)COP(=O)(O)OC[C@@H](COC(=O)CCCCCCCCCC)OC(=O)CCCCCCCCCCCCC. The molecule has 0 spiro atoms. The van der Waals surface area contributed by atoms with Crippen LogP contribution in [-0.4, -0.2) is 96.7 Å². The third-order valence-corrected chi connectivity index (χ3v) is 17.2. The lowest BCUT2D eigenvalue weighted by Crippen LogP contribution is -2.30. The third-order valence-electron chi connectivity index (χ3n) is 15.3. The zero-order valence-electron chi connectivity index (χ0n) is 54.7. The Morgan fingerprint density at radius 2 is 0.541 bits per heavy atom. The minimum Gasteiger partial charge on any atom is -0.462 e. The molecule has 0 fully saturated rings. The molecule has 0 saturated carbocycles. The van der Waals surface area contributed by atoms with Gasteiger partial charge in [0.1, 0.15) is 19.3 Å². The van der Waals surface area contributed by atoms with Crippen LogP contribution < -0.4 is 0 Å². The normalized spacial score (nSPS) is 14.2. The summed E-state index contributed by atoms with van der Waals surface area (Å²) in [6.07, 6.45) is 44.4. The molecule has 3 N–H and O–H groups in total. The van der Waals surface area contributed by atoms with E-state index in [1.165, 1.54) is 154 Å². The lowest BCUT2D eigenvalue weighted by molar-refractivity contribution is -0.161. The Kier molecular flexibility index (Phi) is 58.3. The molecule has 17 nitrogen and oxygen atoms in total. The van der Waals surface area contributed by atoms with Crippen molar-refractivity contribution in [3.63, 3.8) is 0 Å². The van der Waals surface area contributed by atoms with Crippen molar-refractivity contribution in [2.45, 2.75) is 355 Å². The highest BCUT2D eigenvalue weighted by atomic mass is 31.2. The Morgan fingerprint density at radius 1 is 0.318 bits per heavy atom. The van der Waals surface area contributed by atoms with E-state index in [0.717, 1.165) is 102 Å². The highest BCUT2D eigenvalue weighted by molar-refractivity contribution is 7.47. The summed E-state index contributed by atoms with van der Waals surface area (Å²) in [5, 5.41) is 10.5. The first-order valence-electron chi connectivity index (χ1n) is 34.6. The van der Waals surface area contributed by atoms with E-state index in [2.05, 4.69) is 34.6 Å². The van der Waals surface area contributed by atoms with Crippen molar-refractivity contribution < 1.29 is 80.2 Å². The van der Waals surface area contributed by atoms with Crippen molar-refractivity contribution in [2.24, 2.45) is 5.92 Å². The van der Waals surface area contributed by atoms with Crippen LogP contribution in [0.4, 0.5) is 0 Å². The van der Waals surface area contributed by atoms with Crippen molar-refractivity contribution in [3.8, 4) is 0 Å². The zero-order chi connectivity index (χ0) is 62.8. The smallest absolute Gasteiger partial charge is 0.462 e. The molecule has 0 bridgehead atoms. The van der Waals surface area contributed by atoms with Crippen LogP contribution >= 0.6 is 15.6 Å². The first-order valence-corrected chi connectivity index (χ1v) is 37.6. The van der Waals surface area contributed by atoms with Crippen LogP contribution in [0.3, 0.4) is 0 Å². The van der Waals surface area contributed by atoms with Gasteiger partial charge in [-0.25, -0.2) is 9.13 Å². The Labute approximate surface area is 517 Å². The number of unbranched alkanes of at least 4 members (excludes halogenated alkanes) is 38. The van der Waals surface area contributed by atoms with Gasteiger partial charge in [0.25, 0.3) is 0 Å². The number of hydrogen-bond acceptors (Lipinski definition) is 15. The number of phosphoric acid groups is 2. The van der Waals surface area contributed by atoms with Crippen LogP contribution in [0.1, 0.15) is 336 Å². The Hall–Kier alpha value is -1.94. The molecule has 0 aliphatic heterocycles. The fourth-order valence-corrected chi connectivity index (χ4v) is 11.5. The van der Waals surface area contributed by atoms with E-state index < -0.39 is 97.5 Å². The molecule has 0 aromatic carbocycles. The predicted molar refractivity (Wildman–Crippen MR) is 340 cm³/mol. The molecule has 0 radical (unpaired) electrons. The lowest BCUT2D eigenvalue weighted by atomic mass is 10.0. The molecule has 0 rings (SSSR count). The quantitative estimate of drug-likeness (QED) is 0.0222. The second-order valence-corrected chi connectivity index (χ2v) is 27.2. The number of carbonyl (C=O) groups is 4. The molecule has 0 aliphatic rings. The number of rotatable bonds is 66. The highest BCUT2D eigenvalue weighted by Gasteiger charge is 2.30. The van der Waals surface area contributed by atoms with Crippen molar-refractivity contribution in [2.75, 3.05) is 39.6 Å². The second-order valence-electron chi connectivity index (χ2n) is 24.3. The van der Waals surface area contributed by atoms with E-state index in [-0.39, 0.29) is 25.7 Å². The Balaban J connectivity index is 5.22. The average Bonchev–Trinajstić information content (AvgIpc) is 3.61. The van der Waals surface area contributed by atoms with Gasteiger partial charge >= 0.3 is 39.5 Å². The van der Waals surface area contributed by atoms with E-state index in [4.69, 9.17) is 37.0 Å². The summed E-state index contributed by atoms with van der Waals surface area (Å²) >= 11 is 0. The van der Waals surface area contributed by atoms with Crippen LogP contribution in [0.15, 0.2) is 0 Å². The second kappa shape index (κ2) is 59.7. The monoisotopic (exact) mass is 1250 g/mol. The number of esters is 4. The van der Waals surface area contributed by atoms with Gasteiger partial charge in [0.2, 0.25) is 0 Å². The standard InChI is InChI=1S/C66H128O17P2/c1-6-9-12-15-18-21-23-24-25-26-28-30-37-42-47-52-66(71)83-62(56-77-64(69)50-45-40-35-32-31-33-38-43-48-59(4)5)58-81-85(74,75)79-54-60(67)53-78-84(72,73)80-57-61(55-76-63(68)49-44-39-34-20-17-14-11-8-3)82-65(70)51-46-41-36-29-27-22-19-16-13-10-7-2/h59-62,67H,6-58H2,1-5H3,(H,72,73)(H,74,75)/t60-,61+,62+/m0/s1. The molecule has 5 atom stereocenters. The first kappa shape index (κ1) is 83.1. The minimum atomic E-state index is -4.95. The maximum Gasteiger partial charge on any atom is 0.472 e. The van der Waals surface area contributed by atoms with Crippen LogP contribution in [0.5, 0.6) is 0 Å². The van der Waals surface area contributed by atoms with Crippen LogP contribution in [0.25, 0.3) is 0 Å². The summed E-state index contributed by atoms with van der Waals surface area (Å²) in [4.78, 5) is 72.2. The van der Waals surface area contributed by atoms with Crippen molar-refractivity contribution in [3.05, 3.63) is 0 Å². The van der Waals surface area contributed by atoms with Crippen LogP contribution in [0, 0.1) is 5.92 Å². The van der Waals surface area contributed by atoms with Gasteiger partial charge in [-0.05, 0) is 31.6 Å². The summed E-state index contributed by atoms with van der Waals surface area (Å²) in [7, 11) is -9.89. The molecule has 19 heteroatoms. The lowest BCUT2D eigenvalue weighted by Gasteiger charge is -2.21. The Bertz CT molecular complexity index is 1650. The number of phosphoric ester groups is 2. The maximum atomic E-state index is 13.0. The van der Waals surface area contributed by atoms with E-state index in [9.17, 15) is 43.2 Å². The number of aliphatic hydroxyl groups excluding tert-OH is 1. The summed E-state index contributed by atoms with van der Waals surface area (Å²) in [6.45, 7) is 7.16. The summed E-state index contributed by atoms with van der Waals surface area (Å²) in [5.74, 6) is -1.40. The maximum absolute atomic E-state index is 13.0. The molecule has 0 aliphatic carbocycles. The first-order chi connectivity index (χ1) is 41.0. The van der Waals surface area contributed by atoms with E-state index in [1.54, 1.807) is 0 Å². The van der Waals surface area contributed by atoms with Crippen molar-refractivity contribution in [1.82, 2.24) is 0 Å². The summed E-state index contributed by atoms with van der Waals surface area (Å²) < 4.78 is 68.0. The van der Waals surface area contributed by atoms with E-state index in [0.29, 0.717) is 25.7 Å². The Morgan fingerprint density at radius 3 is 0.800 bits per heavy atom. The van der Waals surface area contributed by atoms with Crippen LogP contribution in [0.2, 0.25) is 0 Å². The molecular weight excluding hydrogens is 1130 g/mol. The highest BCUT2D eigenvalue weighted by Crippen LogP contribution is 2.45. The van der Waals surface area contributed by atoms with Gasteiger partial charge in [-0.3, -0.25) is 37.3 Å². The zero-order valence-corrected chi connectivity index (χ0v) is 56.5.